The van der Waals surface area contributed by atoms with Gasteiger partial charge in [0.1, 0.15) is 5.75 Å². The molecule has 3 N–H and O–H groups in total. The smallest absolute Gasteiger partial charge is 0.239 e. The molecule has 0 radical (unpaired) electrons. The molecule has 0 saturated heterocycles. The normalized spacial score (nSPS) is 13.6. The summed E-state index contributed by atoms with van der Waals surface area (Å²) in [6, 6.07) is 7.31. The quantitative estimate of drug-likeness (QED) is 0.727. The van der Waals surface area contributed by atoms with Crippen molar-refractivity contribution < 1.29 is 14.3 Å². The highest BCUT2D eigenvalue weighted by Gasteiger charge is 2.24. The molecule has 1 aliphatic rings. The molecule has 2 rings (SSSR count). The molecule has 114 valence electrons. The highest BCUT2D eigenvalue weighted by atomic mass is 16.5. The lowest BCUT2D eigenvalue weighted by molar-refractivity contribution is -0.135. The van der Waals surface area contributed by atoms with E-state index < -0.39 is 0 Å². The fourth-order valence-electron chi connectivity index (χ4n) is 1.82. The van der Waals surface area contributed by atoms with E-state index in [-0.39, 0.29) is 31.4 Å². The molecule has 2 amide bonds. The van der Waals surface area contributed by atoms with Crippen molar-refractivity contribution in [2.24, 2.45) is 0 Å². The SMILES string of the molecule is CN(CC(=O)NC1CC1)C(=O)CCOc1ccc(N)cc1. The van der Waals surface area contributed by atoms with E-state index in [9.17, 15) is 9.59 Å². The molecule has 1 aromatic carbocycles. The Kier molecular flexibility index (Phi) is 5.03. The maximum Gasteiger partial charge on any atom is 0.239 e. The zero-order valence-electron chi connectivity index (χ0n) is 12.2. The molecule has 0 aliphatic heterocycles. The van der Waals surface area contributed by atoms with E-state index in [1.54, 1.807) is 31.3 Å². The number of likely N-dealkylation sites (N-methyl/N-ethyl adjacent to an activating group) is 1. The van der Waals surface area contributed by atoms with Crippen LogP contribution in [0.4, 0.5) is 5.69 Å². The molecule has 0 atom stereocenters. The number of ether oxygens (including phenoxy) is 1. The van der Waals surface area contributed by atoms with Gasteiger partial charge in [-0.1, -0.05) is 0 Å². The van der Waals surface area contributed by atoms with Crippen molar-refractivity contribution in [2.45, 2.75) is 25.3 Å². The number of nitrogens with zero attached hydrogens (tertiary/aromatic N) is 1. The van der Waals surface area contributed by atoms with E-state index in [0.29, 0.717) is 17.5 Å². The summed E-state index contributed by atoms with van der Waals surface area (Å²) in [6.45, 7) is 0.370. The summed E-state index contributed by atoms with van der Waals surface area (Å²) >= 11 is 0. The molecule has 1 aromatic rings. The predicted molar refractivity (Wildman–Crippen MR) is 79.8 cm³/mol. The van der Waals surface area contributed by atoms with Gasteiger partial charge in [0.15, 0.2) is 0 Å². The molecule has 1 aliphatic carbocycles. The zero-order chi connectivity index (χ0) is 15.2. The van der Waals surface area contributed by atoms with E-state index in [2.05, 4.69) is 5.32 Å². The van der Waals surface area contributed by atoms with Crippen molar-refractivity contribution in [3.05, 3.63) is 24.3 Å². The van der Waals surface area contributed by atoms with Gasteiger partial charge in [0.25, 0.3) is 0 Å². The lowest BCUT2D eigenvalue weighted by atomic mass is 10.3. The first-order valence-electron chi connectivity index (χ1n) is 7.06. The Morgan fingerprint density at radius 2 is 2.00 bits per heavy atom. The highest BCUT2D eigenvalue weighted by Crippen LogP contribution is 2.18. The van der Waals surface area contributed by atoms with Crippen molar-refractivity contribution in [2.75, 3.05) is 25.9 Å². The number of carbonyl (C=O) groups is 2. The summed E-state index contributed by atoms with van der Waals surface area (Å²) < 4.78 is 5.46. The van der Waals surface area contributed by atoms with Crippen LogP contribution in [0.25, 0.3) is 0 Å². The monoisotopic (exact) mass is 291 g/mol. The van der Waals surface area contributed by atoms with Gasteiger partial charge in [0.05, 0.1) is 19.6 Å². The molecular weight excluding hydrogens is 270 g/mol. The highest BCUT2D eigenvalue weighted by molar-refractivity contribution is 5.84. The van der Waals surface area contributed by atoms with Crippen LogP contribution in [0.15, 0.2) is 24.3 Å². The van der Waals surface area contributed by atoms with E-state index in [0.717, 1.165) is 12.8 Å². The zero-order valence-corrected chi connectivity index (χ0v) is 12.2. The molecule has 0 spiro atoms. The number of nitrogens with two attached hydrogens (primary N) is 1. The first kappa shape index (κ1) is 15.2. The van der Waals surface area contributed by atoms with E-state index in [1.807, 2.05) is 0 Å². The van der Waals surface area contributed by atoms with Crippen molar-refractivity contribution in [1.82, 2.24) is 10.2 Å². The molecule has 0 unspecified atom stereocenters. The van der Waals surface area contributed by atoms with Crippen LogP contribution < -0.4 is 15.8 Å². The molecule has 0 aromatic heterocycles. The van der Waals surface area contributed by atoms with Gasteiger partial charge in [-0.3, -0.25) is 9.59 Å². The van der Waals surface area contributed by atoms with Crippen LogP contribution in [0.3, 0.4) is 0 Å². The van der Waals surface area contributed by atoms with Crippen LogP contribution in [-0.4, -0.2) is 43.0 Å². The first-order valence-corrected chi connectivity index (χ1v) is 7.06. The fraction of sp³-hybridized carbons (Fsp3) is 0.467. The van der Waals surface area contributed by atoms with Gasteiger partial charge in [0, 0.05) is 18.8 Å². The van der Waals surface area contributed by atoms with E-state index >= 15 is 0 Å². The molecular formula is C15H21N3O3. The van der Waals surface area contributed by atoms with Crippen LogP contribution in [-0.2, 0) is 9.59 Å². The largest absolute Gasteiger partial charge is 0.493 e. The minimum absolute atomic E-state index is 0.0944. The lowest BCUT2D eigenvalue weighted by Crippen LogP contribution is -2.39. The van der Waals surface area contributed by atoms with Crippen LogP contribution in [0, 0.1) is 0 Å². The Balaban J connectivity index is 1.65. The van der Waals surface area contributed by atoms with Crippen molar-refractivity contribution in [1.29, 1.82) is 0 Å². The molecule has 21 heavy (non-hydrogen) atoms. The average Bonchev–Trinajstić information content (AvgIpc) is 3.24. The Morgan fingerprint density at radius 3 is 2.62 bits per heavy atom. The fourth-order valence-corrected chi connectivity index (χ4v) is 1.82. The number of benzene rings is 1. The Bertz CT molecular complexity index is 497. The molecule has 0 bridgehead atoms. The van der Waals surface area contributed by atoms with Crippen LogP contribution in [0.5, 0.6) is 5.75 Å². The summed E-state index contributed by atoms with van der Waals surface area (Å²) in [5.74, 6) is 0.454. The summed E-state index contributed by atoms with van der Waals surface area (Å²) in [5.41, 5.74) is 6.24. The van der Waals surface area contributed by atoms with E-state index in [1.165, 1.54) is 4.90 Å². The minimum Gasteiger partial charge on any atom is -0.493 e. The maximum absolute atomic E-state index is 11.9. The number of amides is 2. The third-order valence-electron chi connectivity index (χ3n) is 3.21. The molecule has 1 fully saturated rings. The minimum atomic E-state index is -0.114. The van der Waals surface area contributed by atoms with E-state index in [4.69, 9.17) is 10.5 Å². The van der Waals surface area contributed by atoms with Crippen molar-refractivity contribution in [3.63, 3.8) is 0 Å². The lowest BCUT2D eigenvalue weighted by Gasteiger charge is -2.17. The maximum atomic E-state index is 11.9. The first-order chi connectivity index (χ1) is 10.0. The Hall–Kier alpha value is -2.24. The predicted octanol–water partition coefficient (Wildman–Crippen LogP) is 0.775. The number of anilines is 1. The third kappa shape index (κ3) is 5.33. The molecule has 6 nitrogen and oxygen atoms in total. The second-order valence-corrected chi connectivity index (χ2v) is 5.26. The van der Waals surface area contributed by atoms with Gasteiger partial charge < -0.3 is 20.7 Å². The molecule has 1 saturated carbocycles. The Labute approximate surface area is 124 Å². The second kappa shape index (κ2) is 6.97. The van der Waals surface area contributed by atoms with Crippen LogP contribution >= 0.6 is 0 Å². The van der Waals surface area contributed by atoms with Crippen molar-refractivity contribution >= 4 is 17.5 Å². The summed E-state index contributed by atoms with van der Waals surface area (Å²) in [6.07, 6.45) is 2.31. The third-order valence-corrected chi connectivity index (χ3v) is 3.21. The number of hydrogen-bond acceptors (Lipinski definition) is 4. The van der Waals surface area contributed by atoms with Crippen LogP contribution in [0.1, 0.15) is 19.3 Å². The number of rotatable bonds is 7. The number of hydrogen-bond donors (Lipinski definition) is 2. The second-order valence-electron chi connectivity index (χ2n) is 5.26. The van der Waals surface area contributed by atoms with Crippen molar-refractivity contribution in [3.8, 4) is 5.75 Å². The standard InChI is InChI=1S/C15H21N3O3/c1-18(10-14(19)17-12-4-5-12)15(20)8-9-21-13-6-2-11(16)3-7-13/h2-3,6-7,12H,4-5,8-10,16H2,1H3,(H,17,19). The van der Waals surface area contributed by atoms with Gasteiger partial charge in [0.2, 0.25) is 11.8 Å². The molecule has 0 heterocycles. The summed E-state index contributed by atoms with van der Waals surface area (Å²) in [4.78, 5) is 24.9. The average molecular weight is 291 g/mol. The summed E-state index contributed by atoms with van der Waals surface area (Å²) in [7, 11) is 1.62. The van der Waals surface area contributed by atoms with Gasteiger partial charge >= 0.3 is 0 Å². The topological polar surface area (TPSA) is 84.7 Å². The Morgan fingerprint density at radius 1 is 1.33 bits per heavy atom. The van der Waals surface area contributed by atoms with Gasteiger partial charge in [-0.15, -0.1) is 0 Å². The van der Waals surface area contributed by atoms with Gasteiger partial charge in [-0.25, -0.2) is 0 Å². The number of nitrogens with one attached hydrogen (secondary N) is 1. The van der Waals surface area contributed by atoms with Crippen LogP contribution in [0.2, 0.25) is 0 Å². The number of nitrogen functional groups attached to an aromatic ring is 1. The molecule has 6 heteroatoms. The van der Waals surface area contributed by atoms with Gasteiger partial charge in [-0.05, 0) is 37.1 Å². The number of carbonyl (C=O) groups excluding carboxylic acids is 2. The van der Waals surface area contributed by atoms with Gasteiger partial charge in [-0.2, -0.15) is 0 Å². The summed E-state index contributed by atoms with van der Waals surface area (Å²) in [5, 5.41) is 2.85.